The van der Waals surface area contributed by atoms with Crippen LogP contribution in [0, 0.1) is 17.3 Å². The molecule has 0 aliphatic heterocycles. The lowest BCUT2D eigenvalue weighted by Gasteiger charge is -2.14. The van der Waals surface area contributed by atoms with Crippen molar-refractivity contribution in [2.75, 3.05) is 0 Å². The molecule has 64 valence electrons. The molecule has 0 aromatic heterocycles. The number of hydrogen-bond donors (Lipinski definition) is 1. The average Bonchev–Trinajstić information content (AvgIpc) is 2.42. The van der Waals surface area contributed by atoms with Gasteiger partial charge in [-0.1, -0.05) is 20.8 Å². The number of rotatable bonds is 3. The minimum Gasteiger partial charge on any atom is -0.481 e. The molecule has 0 amide bonds. The van der Waals surface area contributed by atoms with Crippen LogP contribution in [0.3, 0.4) is 0 Å². The third-order valence-corrected chi connectivity index (χ3v) is 3.20. The van der Waals surface area contributed by atoms with Gasteiger partial charge in [0, 0.05) is 6.42 Å². The minimum absolute atomic E-state index is 0.318. The van der Waals surface area contributed by atoms with E-state index in [1.54, 1.807) is 0 Å². The molecule has 1 saturated carbocycles. The Kier molecular flexibility index (Phi) is 1.95. The van der Waals surface area contributed by atoms with Crippen LogP contribution in [0.15, 0.2) is 0 Å². The zero-order valence-electron chi connectivity index (χ0n) is 7.42. The van der Waals surface area contributed by atoms with Crippen molar-refractivity contribution in [3.8, 4) is 0 Å². The molecule has 0 aromatic rings. The first-order valence-electron chi connectivity index (χ1n) is 4.18. The molecular formula is C9H16O2. The first kappa shape index (κ1) is 8.57. The van der Waals surface area contributed by atoms with Gasteiger partial charge in [0.25, 0.3) is 0 Å². The molecular weight excluding hydrogens is 140 g/mol. The summed E-state index contributed by atoms with van der Waals surface area (Å²) >= 11 is 0. The lowest BCUT2D eigenvalue weighted by Crippen LogP contribution is -2.09. The van der Waals surface area contributed by atoms with E-state index in [1.165, 1.54) is 0 Å². The van der Waals surface area contributed by atoms with Crippen molar-refractivity contribution < 1.29 is 9.90 Å². The molecule has 1 rings (SSSR count). The van der Waals surface area contributed by atoms with Gasteiger partial charge in [-0.3, -0.25) is 4.79 Å². The average molecular weight is 156 g/mol. The summed E-state index contributed by atoms with van der Waals surface area (Å²) in [5.41, 5.74) is 0.318. The molecule has 1 fully saturated rings. The Morgan fingerprint density at radius 3 is 2.55 bits per heavy atom. The maximum Gasteiger partial charge on any atom is 0.303 e. The summed E-state index contributed by atoms with van der Waals surface area (Å²) in [5, 5.41) is 8.54. The zero-order chi connectivity index (χ0) is 8.65. The molecule has 0 aromatic carbocycles. The highest BCUT2D eigenvalue weighted by Gasteiger charge is 2.52. The van der Waals surface area contributed by atoms with E-state index in [0.29, 0.717) is 23.7 Å². The molecule has 2 unspecified atom stereocenters. The van der Waals surface area contributed by atoms with Crippen molar-refractivity contribution in [2.24, 2.45) is 17.3 Å². The number of carboxylic acid groups (broad SMARTS) is 1. The summed E-state index contributed by atoms with van der Waals surface area (Å²) in [7, 11) is 0. The van der Waals surface area contributed by atoms with E-state index in [0.717, 1.165) is 6.42 Å². The van der Waals surface area contributed by atoms with Crippen LogP contribution in [-0.4, -0.2) is 11.1 Å². The molecule has 0 bridgehead atoms. The van der Waals surface area contributed by atoms with E-state index in [1.807, 2.05) is 0 Å². The van der Waals surface area contributed by atoms with E-state index in [4.69, 9.17) is 5.11 Å². The van der Waals surface area contributed by atoms with Crippen molar-refractivity contribution in [1.29, 1.82) is 0 Å². The van der Waals surface area contributed by atoms with Gasteiger partial charge in [0.15, 0.2) is 0 Å². The van der Waals surface area contributed by atoms with Gasteiger partial charge in [-0.05, 0) is 23.7 Å². The molecule has 1 aliphatic carbocycles. The Bertz CT molecular complexity index is 174. The van der Waals surface area contributed by atoms with Crippen LogP contribution in [0.2, 0.25) is 0 Å². The molecule has 2 nitrogen and oxygen atoms in total. The van der Waals surface area contributed by atoms with E-state index < -0.39 is 5.97 Å². The molecule has 11 heavy (non-hydrogen) atoms. The normalized spacial score (nSPS) is 35.8. The van der Waals surface area contributed by atoms with Gasteiger partial charge in [-0.2, -0.15) is 0 Å². The van der Waals surface area contributed by atoms with Crippen molar-refractivity contribution >= 4 is 5.97 Å². The Balaban J connectivity index is 2.40. The summed E-state index contributed by atoms with van der Waals surface area (Å²) in [4.78, 5) is 10.4. The fourth-order valence-electron chi connectivity index (χ4n) is 1.70. The highest BCUT2D eigenvalue weighted by molar-refractivity contribution is 5.67. The smallest absolute Gasteiger partial charge is 0.303 e. The quantitative estimate of drug-likeness (QED) is 0.679. The molecule has 0 spiro atoms. The lowest BCUT2D eigenvalue weighted by molar-refractivity contribution is -0.137. The van der Waals surface area contributed by atoms with Gasteiger partial charge in [0.05, 0.1) is 0 Å². The molecule has 0 saturated heterocycles. The van der Waals surface area contributed by atoms with E-state index >= 15 is 0 Å². The fraction of sp³-hybridized carbons (Fsp3) is 0.889. The molecule has 0 radical (unpaired) electrons. The lowest BCUT2D eigenvalue weighted by atomic mass is 9.91. The largest absolute Gasteiger partial charge is 0.481 e. The van der Waals surface area contributed by atoms with Crippen LogP contribution >= 0.6 is 0 Å². The van der Waals surface area contributed by atoms with Crippen LogP contribution < -0.4 is 0 Å². The summed E-state index contributed by atoms with van der Waals surface area (Å²) in [6.07, 6.45) is 1.45. The monoisotopic (exact) mass is 156 g/mol. The second-order valence-corrected chi connectivity index (χ2v) is 4.16. The molecule has 1 N–H and O–H groups in total. The van der Waals surface area contributed by atoms with Gasteiger partial charge >= 0.3 is 5.97 Å². The second kappa shape index (κ2) is 2.50. The van der Waals surface area contributed by atoms with Crippen LogP contribution in [0.5, 0.6) is 0 Å². The number of hydrogen-bond acceptors (Lipinski definition) is 1. The standard InChI is InChI=1S/C9H16O2/c1-6(2)9(3)5-7(9)4-8(10)11/h6-7H,4-5H2,1-3H3,(H,10,11). The van der Waals surface area contributed by atoms with Crippen molar-refractivity contribution in [3.63, 3.8) is 0 Å². The highest BCUT2D eigenvalue weighted by Crippen LogP contribution is 2.58. The third-order valence-electron chi connectivity index (χ3n) is 3.20. The first-order chi connectivity index (χ1) is 4.97. The Morgan fingerprint density at radius 1 is 1.73 bits per heavy atom. The maximum atomic E-state index is 10.4. The SMILES string of the molecule is CC(C)C1(C)CC1CC(=O)O. The van der Waals surface area contributed by atoms with Gasteiger partial charge in [-0.15, -0.1) is 0 Å². The van der Waals surface area contributed by atoms with Gasteiger partial charge < -0.3 is 5.11 Å². The molecule has 0 heterocycles. The zero-order valence-corrected chi connectivity index (χ0v) is 7.42. The van der Waals surface area contributed by atoms with Crippen LogP contribution in [0.1, 0.15) is 33.6 Å². The number of carbonyl (C=O) groups is 1. The Morgan fingerprint density at radius 2 is 2.27 bits per heavy atom. The van der Waals surface area contributed by atoms with E-state index in [-0.39, 0.29) is 0 Å². The van der Waals surface area contributed by atoms with Crippen LogP contribution in [0.25, 0.3) is 0 Å². The van der Waals surface area contributed by atoms with E-state index in [9.17, 15) is 4.79 Å². The van der Waals surface area contributed by atoms with Crippen molar-refractivity contribution in [1.82, 2.24) is 0 Å². The summed E-state index contributed by atoms with van der Waals surface area (Å²) < 4.78 is 0. The fourth-order valence-corrected chi connectivity index (χ4v) is 1.70. The third kappa shape index (κ3) is 1.55. The van der Waals surface area contributed by atoms with Crippen LogP contribution in [-0.2, 0) is 4.79 Å². The summed E-state index contributed by atoms with van der Waals surface area (Å²) in [6, 6.07) is 0. The topological polar surface area (TPSA) is 37.3 Å². The van der Waals surface area contributed by atoms with Gasteiger partial charge in [0.1, 0.15) is 0 Å². The van der Waals surface area contributed by atoms with Gasteiger partial charge in [0.2, 0.25) is 0 Å². The molecule has 2 atom stereocenters. The predicted octanol–water partition coefficient (Wildman–Crippen LogP) is 2.14. The van der Waals surface area contributed by atoms with Crippen molar-refractivity contribution in [2.45, 2.75) is 33.6 Å². The summed E-state index contributed by atoms with van der Waals surface area (Å²) in [6.45, 7) is 6.52. The predicted molar refractivity (Wildman–Crippen MR) is 43.3 cm³/mol. The maximum absolute atomic E-state index is 10.4. The molecule has 2 heteroatoms. The Hall–Kier alpha value is -0.530. The minimum atomic E-state index is -0.653. The van der Waals surface area contributed by atoms with Crippen molar-refractivity contribution in [3.05, 3.63) is 0 Å². The number of aliphatic carboxylic acids is 1. The highest BCUT2D eigenvalue weighted by atomic mass is 16.4. The Labute approximate surface area is 67.6 Å². The second-order valence-electron chi connectivity index (χ2n) is 4.16. The number of carboxylic acids is 1. The first-order valence-corrected chi connectivity index (χ1v) is 4.18. The summed E-state index contributed by atoms with van der Waals surface area (Å²) in [5.74, 6) is 0.395. The van der Waals surface area contributed by atoms with Crippen LogP contribution in [0.4, 0.5) is 0 Å². The molecule has 1 aliphatic rings. The van der Waals surface area contributed by atoms with Gasteiger partial charge in [-0.25, -0.2) is 0 Å². The van der Waals surface area contributed by atoms with E-state index in [2.05, 4.69) is 20.8 Å².